The number of nitrogens with two attached hydrogens (primary N) is 1. The Bertz CT molecular complexity index is 664. The average Bonchev–Trinajstić information content (AvgIpc) is 3.08. The molecule has 0 spiro atoms. The SMILES string of the molecule is Cc1cc(C(N)CC2CC3CCC2C3)c2ccccc2n1. The van der Waals surface area contributed by atoms with Gasteiger partial charge in [-0.15, -0.1) is 0 Å². The third kappa shape index (κ3) is 2.36. The lowest BCUT2D eigenvalue weighted by molar-refractivity contribution is 0.296. The number of hydrogen-bond acceptors (Lipinski definition) is 2. The first-order chi connectivity index (χ1) is 10.2. The van der Waals surface area contributed by atoms with Gasteiger partial charge in [0.05, 0.1) is 5.52 Å². The molecule has 2 nitrogen and oxygen atoms in total. The Morgan fingerprint density at radius 2 is 2.10 bits per heavy atom. The molecule has 2 N–H and O–H groups in total. The fourth-order valence-electron chi connectivity index (χ4n) is 4.77. The van der Waals surface area contributed by atoms with Gasteiger partial charge in [0, 0.05) is 17.1 Å². The van der Waals surface area contributed by atoms with Crippen molar-refractivity contribution < 1.29 is 0 Å². The molecule has 0 aliphatic heterocycles. The molecule has 0 amide bonds. The lowest BCUT2D eigenvalue weighted by Crippen LogP contribution is -2.20. The first-order valence-corrected chi connectivity index (χ1v) is 8.32. The smallest absolute Gasteiger partial charge is 0.0708 e. The van der Waals surface area contributed by atoms with E-state index in [1.54, 1.807) is 0 Å². The van der Waals surface area contributed by atoms with Crippen LogP contribution in [-0.4, -0.2) is 4.98 Å². The molecule has 1 aromatic carbocycles. The van der Waals surface area contributed by atoms with Gasteiger partial charge in [-0.25, -0.2) is 0 Å². The average molecular weight is 280 g/mol. The molecule has 2 aromatic rings. The Morgan fingerprint density at radius 1 is 1.24 bits per heavy atom. The highest BCUT2D eigenvalue weighted by atomic mass is 14.7. The van der Waals surface area contributed by atoms with Gasteiger partial charge in [0.15, 0.2) is 0 Å². The lowest BCUT2D eigenvalue weighted by Gasteiger charge is -2.25. The second-order valence-corrected chi connectivity index (χ2v) is 7.15. The molecule has 0 saturated heterocycles. The van der Waals surface area contributed by atoms with Gasteiger partial charge in [-0.3, -0.25) is 4.98 Å². The highest BCUT2D eigenvalue weighted by molar-refractivity contribution is 5.82. The van der Waals surface area contributed by atoms with E-state index in [0.717, 1.165) is 35.4 Å². The monoisotopic (exact) mass is 280 g/mol. The van der Waals surface area contributed by atoms with Crippen LogP contribution in [0.5, 0.6) is 0 Å². The molecule has 21 heavy (non-hydrogen) atoms. The second kappa shape index (κ2) is 5.10. The van der Waals surface area contributed by atoms with E-state index < -0.39 is 0 Å². The summed E-state index contributed by atoms with van der Waals surface area (Å²) in [6.07, 6.45) is 6.94. The van der Waals surface area contributed by atoms with Gasteiger partial charge in [0.2, 0.25) is 0 Å². The molecule has 4 atom stereocenters. The molecule has 0 radical (unpaired) electrons. The Hall–Kier alpha value is -1.41. The van der Waals surface area contributed by atoms with Gasteiger partial charge in [-0.2, -0.15) is 0 Å². The Balaban J connectivity index is 1.63. The second-order valence-electron chi connectivity index (χ2n) is 7.15. The van der Waals surface area contributed by atoms with Crippen LogP contribution in [-0.2, 0) is 0 Å². The van der Waals surface area contributed by atoms with E-state index in [1.807, 2.05) is 0 Å². The van der Waals surface area contributed by atoms with Crippen molar-refractivity contribution in [3.8, 4) is 0 Å². The maximum absolute atomic E-state index is 6.61. The van der Waals surface area contributed by atoms with E-state index in [4.69, 9.17) is 5.73 Å². The van der Waals surface area contributed by atoms with Crippen LogP contribution in [0.2, 0.25) is 0 Å². The van der Waals surface area contributed by atoms with Crippen molar-refractivity contribution in [3.05, 3.63) is 41.6 Å². The van der Waals surface area contributed by atoms with Crippen molar-refractivity contribution in [2.75, 3.05) is 0 Å². The van der Waals surface area contributed by atoms with Crippen LogP contribution in [0.1, 0.15) is 49.4 Å². The van der Waals surface area contributed by atoms with E-state index >= 15 is 0 Å². The maximum Gasteiger partial charge on any atom is 0.0708 e. The Labute approximate surface area is 126 Å². The number of benzene rings is 1. The topological polar surface area (TPSA) is 38.9 Å². The minimum Gasteiger partial charge on any atom is -0.324 e. The van der Waals surface area contributed by atoms with Crippen molar-refractivity contribution in [2.24, 2.45) is 23.5 Å². The molecule has 2 aliphatic carbocycles. The third-order valence-electron chi connectivity index (χ3n) is 5.72. The zero-order valence-corrected chi connectivity index (χ0v) is 12.8. The van der Waals surface area contributed by atoms with Gasteiger partial charge in [0.25, 0.3) is 0 Å². The van der Waals surface area contributed by atoms with E-state index in [2.05, 4.69) is 42.2 Å². The van der Waals surface area contributed by atoms with Crippen LogP contribution in [0.25, 0.3) is 10.9 Å². The summed E-state index contributed by atoms with van der Waals surface area (Å²) in [5.74, 6) is 2.81. The first kappa shape index (κ1) is 13.3. The van der Waals surface area contributed by atoms with Crippen molar-refractivity contribution in [2.45, 2.75) is 45.1 Å². The van der Waals surface area contributed by atoms with Crippen LogP contribution in [0.4, 0.5) is 0 Å². The number of pyridine rings is 1. The number of nitrogens with zero attached hydrogens (tertiary/aromatic N) is 1. The van der Waals surface area contributed by atoms with Crippen molar-refractivity contribution in [1.29, 1.82) is 0 Å². The molecule has 1 heterocycles. The molecular weight excluding hydrogens is 256 g/mol. The molecule has 110 valence electrons. The van der Waals surface area contributed by atoms with Crippen molar-refractivity contribution >= 4 is 10.9 Å². The molecule has 2 fully saturated rings. The van der Waals surface area contributed by atoms with E-state index in [0.29, 0.717) is 0 Å². The molecule has 4 rings (SSSR count). The highest BCUT2D eigenvalue weighted by Crippen LogP contribution is 2.50. The van der Waals surface area contributed by atoms with Crippen LogP contribution in [0.15, 0.2) is 30.3 Å². The fraction of sp³-hybridized carbons (Fsp3) is 0.526. The predicted molar refractivity (Wildman–Crippen MR) is 87.0 cm³/mol. The molecular formula is C19H24N2. The highest BCUT2D eigenvalue weighted by Gasteiger charge is 2.39. The van der Waals surface area contributed by atoms with Crippen molar-refractivity contribution in [1.82, 2.24) is 4.98 Å². The number of fused-ring (bicyclic) bond motifs is 3. The summed E-state index contributed by atoms with van der Waals surface area (Å²) in [6, 6.07) is 10.8. The molecule has 2 saturated carbocycles. The minimum atomic E-state index is 0.154. The van der Waals surface area contributed by atoms with Crippen LogP contribution >= 0.6 is 0 Å². The summed E-state index contributed by atoms with van der Waals surface area (Å²) in [6.45, 7) is 2.07. The van der Waals surface area contributed by atoms with Gasteiger partial charge in [0.1, 0.15) is 0 Å². The summed E-state index contributed by atoms with van der Waals surface area (Å²) in [5, 5.41) is 1.23. The van der Waals surface area contributed by atoms with Crippen LogP contribution in [0.3, 0.4) is 0 Å². The minimum absolute atomic E-state index is 0.154. The molecule has 4 unspecified atom stereocenters. The summed E-state index contributed by atoms with van der Waals surface area (Å²) in [5.41, 5.74) is 10.1. The summed E-state index contributed by atoms with van der Waals surface area (Å²) in [4.78, 5) is 4.63. The quantitative estimate of drug-likeness (QED) is 0.906. The molecule has 2 heteroatoms. The van der Waals surface area contributed by atoms with E-state index in [-0.39, 0.29) is 6.04 Å². The zero-order valence-electron chi connectivity index (χ0n) is 12.8. The number of aromatic nitrogens is 1. The van der Waals surface area contributed by atoms with Gasteiger partial charge < -0.3 is 5.73 Å². The largest absolute Gasteiger partial charge is 0.324 e. The zero-order chi connectivity index (χ0) is 14.4. The molecule has 2 bridgehead atoms. The predicted octanol–water partition coefficient (Wildman–Crippen LogP) is 4.37. The van der Waals surface area contributed by atoms with Crippen LogP contribution < -0.4 is 5.73 Å². The Morgan fingerprint density at radius 3 is 2.86 bits per heavy atom. The first-order valence-electron chi connectivity index (χ1n) is 8.32. The number of para-hydroxylation sites is 1. The third-order valence-corrected chi connectivity index (χ3v) is 5.72. The van der Waals surface area contributed by atoms with Gasteiger partial charge >= 0.3 is 0 Å². The van der Waals surface area contributed by atoms with E-state index in [1.165, 1.54) is 36.6 Å². The standard InChI is InChI=1S/C19H24N2/c1-12-8-17(16-4-2-3-5-19(16)21-12)18(20)11-15-10-13-6-7-14(15)9-13/h2-5,8,13-15,18H,6-7,9-11,20H2,1H3. The van der Waals surface area contributed by atoms with Gasteiger partial charge in [-0.05, 0) is 68.1 Å². The number of aryl methyl sites for hydroxylation is 1. The van der Waals surface area contributed by atoms with Crippen molar-refractivity contribution in [3.63, 3.8) is 0 Å². The lowest BCUT2D eigenvalue weighted by atomic mass is 9.82. The summed E-state index contributed by atoms with van der Waals surface area (Å²) < 4.78 is 0. The number of rotatable bonds is 3. The maximum atomic E-state index is 6.61. The number of hydrogen-bond donors (Lipinski definition) is 1. The molecule has 1 aromatic heterocycles. The fourth-order valence-corrected chi connectivity index (χ4v) is 4.77. The van der Waals surface area contributed by atoms with Crippen LogP contribution in [0, 0.1) is 24.7 Å². The van der Waals surface area contributed by atoms with E-state index in [9.17, 15) is 0 Å². The van der Waals surface area contributed by atoms with Gasteiger partial charge in [-0.1, -0.05) is 24.6 Å². The Kier molecular flexibility index (Phi) is 3.22. The molecule has 2 aliphatic rings. The normalized spacial score (nSPS) is 29.1. The summed E-state index contributed by atoms with van der Waals surface area (Å²) in [7, 11) is 0. The summed E-state index contributed by atoms with van der Waals surface area (Å²) >= 11 is 0.